The maximum Gasteiger partial charge on any atom is 0.243 e. The largest absolute Gasteiger partial charge is 0.353 e. The summed E-state index contributed by atoms with van der Waals surface area (Å²) in [6.45, 7) is 5.80. The molecule has 0 aromatic heterocycles. The van der Waals surface area contributed by atoms with E-state index < -0.39 is 0 Å². The molecule has 0 aromatic rings. The number of amides is 1. The zero-order valence-corrected chi connectivity index (χ0v) is 12.5. The quantitative estimate of drug-likeness (QED) is 0.749. The lowest BCUT2D eigenvalue weighted by atomic mass is 10.6. The number of rotatable bonds is 2. The van der Waals surface area contributed by atoms with Gasteiger partial charge in [0.25, 0.3) is 0 Å². The van der Waals surface area contributed by atoms with Crippen molar-refractivity contribution in [2.45, 2.75) is 6.92 Å². The molecule has 0 atom stereocenters. The van der Waals surface area contributed by atoms with E-state index in [9.17, 15) is 4.79 Å². The molecule has 0 rings (SSSR count). The Morgan fingerprint density at radius 2 is 1.38 bits per heavy atom. The highest BCUT2D eigenvalue weighted by atomic mass is 35.5. The minimum absolute atomic E-state index is 0. The van der Waals surface area contributed by atoms with E-state index in [1.165, 1.54) is 6.08 Å². The number of likely N-dealkylation sites (N-methyl/N-ethyl adjacent to an activating group) is 1. The molecule has 0 saturated heterocycles. The predicted octanol–water partition coefficient (Wildman–Crippen LogP) is 1.09. The van der Waals surface area contributed by atoms with Crippen molar-refractivity contribution in [3.8, 4) is 0 Å². The van der Waals surface area contributed by atoms with E-state index in [1.807, 2.05) is 59.0 Å². The van der Waals surface area contributed by atoms with Gasteiger partial charge in [0.05, 0.1) is 0 Å². The van der Waals surface area contributed by atoms with Gasteiger partial charge >= 0.3 is 0 Å². The standard InChI is InChI=1S/C5H9NO.2C3H9N.ClH/c1-3-5(7)6-4-2;2*1-4(2)3;/h3H,1,4H2,2H3,(H,6,7);2*1-3H3;1H. The zero-order valence-electron chi connectivity index (χ0n) is 11.7. The second kappa shape index (κ2) is 19.9. The van der Waals surface area contributed by atoms with Gasteiger partial charge in [0.1, 0.15) is 0 Å². The van der Waals surface area contributed by atoms with Crippen LogP contribution in [0, 0.1) is 0 Å². The fraction of sp³-hybridized carbons (Fsp3) is 0.727. The Hall–Kier alpha value is -0.580. The van der Waals surface area contributed by atoms with E-state index in [4.69, 9.17) is 0 Å². The van der Waals surface area contributed by atoms with Crippen LogP contribution in [0.4, 0.5) is 0 Å². The van der Waals surface area contributed by atoms with Crippen molar-refractivity contribution in [2.24, 2.45) is 0 Å². The summed E-state index contributed by atoms with van der Waals surface area (Å²) in [5.74, 6) is -0.109. The molecule has 1 N–H and O–H groups in total. The SMILES string of the molecule is C=CC(=O)NCC.CN(C)C.CN(C)C.Cl. The van der Waals surface area contributed by atoms with E-state index in [1.54, 1.807) is 0 Å². The smallest absolute Gasteiger partial charge is 0.243 e. The van der Waals surface area contributed by atoms with Crippen molar-refractivity contribution in [3.05, 3.63) is 12.7 Å². The van der Waals surface area contributed by atoms with Crippen molar-refractivity contribution in [3.63, 3.8) is 0 Å². The molecule has 0 aliphatic carbocycles. The van der Waals surface area contributed by atoms with Gasteiger partial charge in [-0.15, -0.1) is 12.4 Å². The van der Waals surface area contributed by atoms with Crippen molar-refractivity contribution in [1.29, 1.82) is 0 Å². The molecule has 4 nitrogen and oxygen atoms in total. The van der Waals surface area contributed by atoms with Gasteiger partial charge in [-0.3, -0.25) is 4.79 Å². The highest BCUT2D eigenvalue weighted by Gasteiger charge is 1.83. The molecule has 0 spiro atoms. The van der Waals surface area contributed by atoms with Crippen LogP contribution in [0.25, 0.3) is 0 Å². The molecule has 0 bridgehead atoms. The topological polar surface area (TPSA) is 35.6 Å². The number of carbonyl (C=O) groups is 1. The Kier molecular flexibility index (Phi) is 30.6. The molecular weight excluding hydrogens is 226 g/mol. The molecule has 100 valence electrons. The summed E-state index contributed by atoms with van der Waals surface area (Å²) in [6, 6.07) is 0. The molecule has 0 heterocycles. The van der Waals surface area contributed by atoms with Crippen LogP contribution in [0.5, 0.6) is 0 Å². The summed E-state index contributed by atoms with van der Waals surface area (Å²) >= 11 is 0. The summed E-state index contributed by atoms with van der Waals surface area (Å²) in [5.41, 5.74) is 0. The van der Waals surface area contributed by atoms with E-state index in [0.29, 0.717) is 6.54 Å². The first kappa shape index (κ1) is 24.6. The number of hydrogen-bond acceptors (Lipinski definition) is 3. The normalized spacial score (nSPS) is 7.81. The number of carbonyl (C=O) groups excluding carboxylic acids is 1. The van der Waals surface area contributed by atoms with Crippen molar-refractivity contribution in [1.82, 2.24) is 15.1 Å². The fourth-order valence-electron chi connectivity index (χ4n) is 0.246. The molecule has 0 aliphatic heterocycles. The molecule has 0 saturated carbocycles. The van der Waals surface area contributed by atoms with Gasteiger partial charge in [-0.2, -0.15) is 0 Å². The fourth-order valence-corrected chi connectivity index (χ4v) is 0.246. The zero-order chi connectivity index (χ0) is 12.9. The van der Waals surface area contributed by atoms with E-state index in [-0.39, 0.29) is 18.3 Å². The van der Waals surface area contributed by atoms with Gasteiger partial charge in [-0.25, -0.2) is 0 Å². The van der Waals surface area contributed by atoms with Gasteiger partial charge in [-0.1, -0.05) is 6.58 Å². The molecule has 0 fully saturated rings. The summed E-state index contributed by atoms with van der Waals surface area (Å²) in [4.78, 5) is 14.2. The number of hydrogen-bond donors (Lipinski definition) is 1. The summed E-state index contributed by atoms with van der Waals surface area (Å²) in [5, 5.41) is 2.54. The third-order valence-corrected chi connectivity index (χ3v) is 0.536. The van der Waals surface area contributed by atoms with Crippen molar-refractivity contribution in [2.75, 3.05) is 48.8 Å². The van der Waals surface area contributed by atoms with Crippen LogP contribution < -0.4 is 5.32 Å². The maximum atomic E-state index is 10.2. The third kappa shape index (κ3) is 106. The van der Waals surface area contributed by atoms with Crippen LogP contribution >= 0.6 is 12.4 Å². The van der Waals surface area contributed by atoms with Crippen LogP contribution in [-0.4, -0.2) is 64.5 Å². The first-order valence-electron chi connectivity index (χ1n) is 4.89. The Labute approximate surface area is 107 Å². The molecule has 16 heavy (non-hydrogen) atoms. The Morgan fingerprint density at radius 1 is 1.12 bits per heavy atom. The van der Waals surface area contributed by atoms with Crippen LogP contribution in [0.1, 0.15) is 6.92 Å². The first-order chi connectivity index (χ1) is 6.77. The maximum absolute atomic E-state index is 10.2. The van der Waals surface area contributed by atoms with Gasteiger partial charge in [0.15, 0.2) is 0 Å². The minimum atomic E-state index is -0.109. The Morgan fingerprint density at radius 3 is 1.44 bits per heavy atom. The van der Waals surface area contributed by atoms with Gasteiger partial charge in [-0.05, 0) is 55.3 Å². The average molecular weight is 254 g/mol. The summed E-state index contributed by atoms with van der Waals surface area (Å²) in [6.07, 6.45) is 1.25. The molecule has 5 heteroatoms. The van der Waals surface area contributed by atoms with Gasteiger partial charge in [0, 0.05) is 6.54 Å². The number of nitrogens with one attached hydrogen (secondary N) is 1. The lowest BCUT2D eigenvalue weighted by molar-refractivity contribution is -0.116. The minimum Gasteiger partial charge on any atom is -0.353 e. The van der Waals surface area contributed by atoms with Crippen molar-refractivity contribution >= 4 is 18.3 Å². The molecule has 0 aromatic carbocycles. The molecule has 0 radical (unpaired) electrons. The Balaban J connectivity index is -0.0000000700. The molecule has 1 amide bonds. The highest BCUT2D eigenvalue weighted by Crippen LogP contribution is 1.61. The molecule has 0 unspecified atom stereocenters. The van der Waals surface area contributed by atoms with E-state index >= 15 is 0 Å². The summed E-state index contributed by atoms with van der Waals surface area (Å²) < 4.78 is 0. The van der Waals surface area contributed by atoms with Gasteiger partial charge < -0.3 is 15.1 Å². The average Bonchev–Trinajstić information content (AvgIpc) is 2.02. The highest BCUT2D eigenvalue weighted by molar-refractivity contribution is 5.86. The second-order valence-corrected chi connectivity index (χ2v) is 3.78. The second-order valence-electron chi connectivity index (χ2n) is 3.78. The summed E-state index contributed by atoms with van der Waals surface area (Å²) in [7, 11) is 12.0. The molecule has 0 aliphatic rings. The first-order valence-corrected chi connectivity index (χ1v) is 4.89. The van der Waals surface area contributed by atoms with Gasteiger partial charge in [0.2, 0.25) is 5.91 Å². The predicted molar refractivity (Wildman–Crippen MR) is 75.4 cm³/mol. The van der Waals surface area contributed by atoms with Crippen LogP contribution in [0.3, 0.4) is 0 Å². The number of nitrogens with zero attached hydrogens (tertiary/aromatic N) is 2. The van der Waals surface area contributed by atoms with Crippen LogP contribution in [-0.2, 0) is 4.79 Å². The van der Waals surface area contributed by atoms with E-state index in [0.717, 1.165) is 0 Å². The molecular formula is C11H28ClN3O. The van der Waals surface area contributed by atoms with E-state index in [2.05, 4.69) is 11.9 Å². The Bertz CT molecular complexity index is 139. The number of halogens is 1. The van der Waals surface area contributed by atoms with Crippen molar-refractivity contribution < 1.29 is 4.79 Å². The monoisotopic (exact) mass is 253 g/mol. The lowest BCUT2D eigenvalue weighted by Crippen LogP contribution is -2.19. The van der Waals surface area contributed by atoms with Crippen LogP contribution in [0.15, 0.2) is 12.7 Å². The third-order valence-electron chi connectivity index (χ3n) is 0.536. The van der Waals surface area contributed by atoms with Crippen LogP contribution in [0.2, 0.25) is 0 Å². The lowest BCUT2D eigenvalue weighted by Gasteiger charge is -1.90.